The number of hydrogen-bond donors (Lipinski definition) is 3. The second-order valence-corrected chi connectivity index (χ2v) is 4.29. The van der Waals surface area contributed by atoms with Crippen molar-refractivity contribution in [1.29, 1.82) is 0 Å². The molecule has 1 aromatic carbocycles. The van der Waals surface area contributed by atoms with E-state index in [0.717, 1.165) is 6.08 Å². The number of carboxylic acids is 2. The zero-order valence-electron chi connectivity index (χ0n) is 10.6. The first kappa shape index (κ1) is 14.3. The number of aliphatic carboxylic acids is 1. The Morgan fingerprint density at radius 1 is 1.05 bits per heavy atom. The van der Waals surface area contributed by atoms with E-state index in [-0.39, 0.29) is 16.9 Å². The molecule has 3 N–H and O–H groups in total. The van der Waals surface area contributed by atoms with Crippen LogP contribution in [0, 0.1) is 0 Å². The van der Waals surface area contributed by atoms with Crippen molar-refractivity contribution in [3.8, 4) is 5.75 Å². The largest absolute Gasteiger partial charge is 0.507 e. The van der Waals surface area contributed by atoms with Gasteiger partial charge in [-0.3, -0.25) is 4.79 Å². The van der Waals surface area contributed by atoms with Crippen LogP contribution in [0.1, 0.15) is 15.9 Å². The third-order valence-electron chi connectivity index (χ3n) is 2.82. The van der Waals surface area contributed by atoms with E-state index in [9.17, 15) is 19.5 Å². The summed E-state index contributed by atoms with van der Waals surface area (Å²) in [4.78, 5) is 33.2. The van der Waals surface area contributed by atoms with Crippen molar-refractivity contribution in [2.75, 3.05) is 0 Å². The van der Waals surface area contributed by atoms with Gasteiger partial charge in [0.15, 0.2) is 5.78 Å². The summed E-state index contributed by atoms with van der Waals surface area (Å²) < 4.78 is 0. The molecular formula is C15H10O6. The van der Waals surface area contributed by atoms with Gasteiger partial charge in [0.2, 0.25) is 0 Å². The van der Waals surface area contributed by atoms with Gasteiger partial charge >= 0.3 is 11.9 Å². The summed E-state index contributed by atoms with van der Waals surface area (Å²) in [6, 6.07) is 3.96. The second kappa shape index (κ2) is 5.46. The Labute approximate surface area is 119 Å². The number of carbonyl (C=O) groups is 3. The quantitative estimate of drug-likeness (QED) is 0.728. The van der Waals surface area contributed by atoms with Gasteiger partial charge in [0.05, 0.1) is 0 Å². The molecule has 2 rings (SSSR count). The number of aromatic carboxylic acids is 1. The topological polar surface area (TPSA) is 112 Å². The van der Waals surface area contributed by atoms with Crippen LogP contribution in [0.15, 0.2) is 47.6 Å². The molecule has 0 aliphatic heterocycles. The SMILES string of the molecule is O=C(O)C1=C/C(=C/c2ccc(O)c(C(=O)O)c2)C=CC1=O. The molecule has 0 spiro atoms. The van der Waals surface area contributed by atoms with Gasteiger partial charge in [-0.15, -0.1) is 0 Å². The molecule has 0 fully saturated rings. The van der Waals surface area contributed by atoms with E-state index in [1.807, 2.05) is 0 Å². The molecule has 0 saturated carbocycles. The van der Waals surface area contributed by atoms with E-state index < -0.39 is 17.7 Å². The Kier molecular flexibility index (Phi) is 3.71. The molecule has 0 unspecified atom stereocenters. The highest BCUT2D eigenvalue weighted by Gasteiger charge is 2.18. The molecule has 0 amide bonds. The summed E-state index contributed by atoms with van der Waals surface area (Å²) in [5.41, 5.74) is 0.276. The molecule has 1 aliphatic rings. The summed E-state index contributed by atoms with van der Waals surface area (Å²) in [5, 5.41) is 27.2. The van der Waals surface area contributed by atoms with Crippen molar-refractivity contribution >= 4 is 23.8 Å². The number of phenols is 1. The average Bonchev–Trinajstić information content (AvgIpc) is 2.42. The molecule has 6 nitrogen and oxygen atoms in total. The first-order chi connectivity index (χ1) is 9.88. The summed E-state index contributed by atoms with van der Waals surface area (Å²) in [6.45, 7) is 0. The number of aromatic hydroxyl groups is 1. The van der Waals surface area contributed by atoms with E-state index in [0.29, 0.717) is 11.1 Å². The molecule has 0 radical (unpaired) electrons. The van der Waals surface area contributed by atoms with Crippen LogP contribution in [-0.4, -0.2) is 33.0 Å². The maximum atomic E-state index is 11.3. The predicted octanol–water partition coefficient (Wildman–Crippen LogP) is 1.62. The fourth-order valence-electron chi connectivity index (χ4n) is 1.81. The number of hydrogen-bond acceptors (Lipinski definition) is 4. The average molecular weight is 286 g/mol. The molecular weight excluding hydrogens is 276 g/mol. The Morgan fingerprint density at radius 3 is 2.38 bits per heavy atom. The van der Waals surface area contributed by atoms with Gasteiger partial charge in [-0.1, -0.05) is 12.1 Å². The number of benzene rings is 1. The number of ketones is 1. The molecule has 0 atom stereocenters. The molecule has 1 aliphatic carbocycles. The van der Waals surface area contributed by atoms with Gasteiger partial charge in [0, 0.05) is 0 Å². The van der Waals surface area contributed by atoms with E-state index in [1.165, 1.54) is 36.4 Å². The Hall–Kier alpha value is -3.15. The Balaban J connectivity index is 2.43. The molecule has 0 saturated heterocycles. The van der Waals surface area contributed by atoms with Gasteiger partial charge in [-0.25, -0.2) is 9.59 Å². The van der Waals surface area contributed by atoms with E-state index >= 15 is 0 Å². The van der Waals surface area contributed by atoms with Crippen LogP contribution in [0.2, 0.25) is 0 Å². The standard InChI is InChI=1S/C15H10O6/c16-12-3-1-8(6-10(12)14(18)19)5-9-2-4-13(17)11(7-9)15(20)21/h1-7,16H,(H,18,19)(H,20,21)/b9-5+. The second-order valence-electron chi connectivity index (χ2n) is 4.29. The highest BCUT2D eigenvalue weighted by atomic mass is 16.4. The molecule has 106 valence electrons. The van der Waals surface area contributed by atoms with Crippen LogP contribution in [0.3, 0.4) is 0 Å². The lowest BCUT2D eigenvalue weighted by Crippen LogP contribution is -2.12. The first-order valence-corrected chi connectivity index (χ1v) is 5.84. The van der Waals surface area contributed by atoms with Crippen molar-refractivity contribution in [3.63, 3.8) is 0 Å². The molecule has 6 heteroatoms. The maximum absolute atomic E-state index is 11.3. The summed E-state index contributed by atoms with van der Waals surface area (Å²) in [5.74, 6) is -3.56. The van der Waals surface area contributed by atoms with E-state index in [1.54, 1.807) is 0 Å². The van der Waals surface area contributed by atoms with Gasteiger partial charge in [0.1, 0.15) is 16.9 Å². The van der Waals surface area contributed by atoms with E-state index in [4.69, 9.17) is 10.2 Å². The number of allylic oxidation sites excluding steroid dienone is 4. The maximum Gasteiger partial charge on any atom is 0.339 e. The molecule has 0 aromatic heterocycles. The van der Waals surface area contributed by atoms with Crippen LogP contribution in [0.25, 0.3) is 6.08 Å². The highest BCUT2D eigenvalue weighted by molar-refractivity contribution is 6.22. The lowest BCUT2D eigenvalue weighted by molar-refractivity contribution is -0.134. The van der Waals surface area contributed by atoms with Crippen molar-refractivity contribution < 1.29 is 29.7 Å². The minimum atomic E-state index is -1.33. The van der Waals surface area contributed by atoms with E-state index in [2.05, 4.69) is 0 Å². The number of carbonyl (C=O) groups excluding carboxylic acids is 1. The van der Waals surface area contributed by atoms with Gasteiger partial charge in [0.25, 0.3) is 0 Å². The summed E-state index contributed by atoms with van der Waals surface area (Å²) >= 11 is 0. The lowest BCUT2D eigenvalue weighted by atomic mass is 9.98. The number of carboxylic acid groups (broad SMARTS) is 2. The zero-order valence-corrected chi connectivity index (χ0v) is 10.6. The normalized spacial score (nSPS) is 15.9. The third kappa shape index (κ3) is 3.06. The van der Waals surface area contributed by atoms with Crippen LogP contribution in [0.5, 0.6) is 5.75 Å². The number of rotatable bonds is 3. The molecule has 0 bridgehead atoms. The minimum absolute atomic E-state index is 0.261. The first-order valence-electron chi connectivity index (χ1n) is 5.84. The van der Waals surface area contributed by atoms with Gasteiger partial charge in [-0.2, -0.15) is 0 Å². The van der Waals surface area contributed by atoms with Crippen molar-refractivity contribution in [1.82, 2.24) is 0 Å². The van der Waals surface area contributed by atoms with Crippen molar-refractivity contribution in [3.05, 3.63) is 58.7 Å². The van der Waals surface area contributed by atoms with Gasteiger partial charge in [-0.05, 0) is 41.5 Å². The van der Waals surface area contributed by atoms with Crippen LogP contribution >= 0.6 is 0 Å². The minimum Gasteiger partial charge on any atom is -0.507 e. The van der Waals surface area contributed by atoms with Crippen molar-refractivity contribution in [2.24, 2.45) is 0 Å². The van der Waals surface area contributed by atoms with Crippen LogP contribution in [-0.2, 0) is 9.59 Å². The van der Waals surface area contributed by atoms with Crippen molar-refractivity contribution in [2.45, 2.75) is 0 Å². The van der Waals surface area contributed by atoms with Gasteiger partial charge < -0.3 is 15.3 Å². The zero-order chi connectivity index (χ0) is 15.6. The smallest absolute Gasteiger partial charge is 0.339 e. The van der Waals surface area contributed by atoms with Crippen LogP contribution in [0.4, 0.5) is 0 Å². The molecule has 0 heterocycles. The highest BCUT2D eigenvalue weighted by Crippen LogP contribution is 2.22. The monoisotopic (exact) mass is 286 g/mol. The Bertz CT molecular complexity index is 737. The third-order valence-corrected chi connectivity index (χ3v) is 2.82. The summed E-state index contributed by atoms with van der Waals surface area (Å²) in [7, 11) is 0. The lowest BCUT2D eigenvalue weighted by Gasteiger charge is -2.06. The fourth-order valence-corrected chi connectivity index (χ4v) is 1.81. The molecule has 1 aromatic rings. The fraction of sp³-hybridized carbons (Fsp3) is 0. The molecule has 21 heavy (non-hydrogen) atoms. The predicted molar refractivity (Wildman–Crippen MR) is 72.9 cm³/mol. The summed E-state index contributed by atoms with van der Waals surface area (Å²) in [6.07, 6.45) is 5.28. The van der Waals surface area contributed by atoms with Crippen LogP contribution < -0.4 is 0 Å². The Morgan fingerprint density at radius 2 is 1.76 bits per heavy atom.